The second kappa shape index (κ2) is 6.68. The van der Waals surface area contributed by atoms with Crippen molar-refractivity contribution in [1.82, 2.24) is 10.6 Å². The monoisotopic (exact) mass is 273 g/mol. The van der Waals surface area contributed by atoms with Crippen molar-refractivity contribution in [2.45, 2.75) is 40.7 Å². The first-order chi connectivity index (χ1) is 8.09. The number of hydrogen-bond acceptors (Lipinski definition) is 3. The number of carbonyl (C=O) groups excluding carboxylic acids is 2. The van der Waals surface area contributed by atoms with Gasteiger partial charge in [0.1, 0.15) is 6.04 Å². The van der Waals surface area contributed by atoms with E-state index in [0.29, 0.717) is 12.5 Å². The lowest BCUT2D eigenvalue weighted by atomic mass is 9.92. The van der Waals surface area contributed by atoms with Crippen LogP contribution in [-0.4, -0.2) is 29.4 Å². The van der Waals surface area contributed by atoms with Gasteiger partial charge in [-0.05, 0) is 26.7 Å². The number of hydrogen-bond donors (Lipinski definition) is 3. The lowest BCUT2D eigenvalue weighted by Gasteiger charge is -2.24. The average Bonchev–Trinajstić information content (AvgIpc) is 2.24. The van der Waals surface area contributed by atoms with Crippen LogP contribution in [0.1, 0.15) is 34.6 Å². The van der Waals surface area contributed by atoms with Gasteiger partial charge in [-0.1, -0.05) is 26.1 Å². The minimum Gasteiger partial charge on any atom is -0.392 e. The number of nitrogens with two attached hydrogens (primary N) is 1. The fourth-order valence-corrected chi connectivity index (χ4v) is 1.11. The molecule has 0 fully saturated rings. The minimum absolute atomic E-state index is 0.106. The normalized spacial score (nSPS) is 13.0. The van der Waals surface area contributed by atoms with Crippen molar-refractivity contribution in [2.75, 3.05) is 6.54 Å². The zero-order valence-corrected chi connectivity index (χ0v) is 12.5. The first-order valence-corrected chi connectivity index (χ1v) is 6.38. The molecule has 0 aliphatic rings. The lowest BCUT2D eigenvalue weighted by molar-refractivity contribution is -0.131. The molecule has 0 spiro atoms. The maximum Gasteiger partial charge on any atom is 0.242 e. The van der Waals surface area contributed by atoms with Gasteiger partial charge in [-0.3, -0.25) is 9.59 Å². The minimum atomic E-state index is -0.956. The smallest absolute Gasteiger partial charge is 0.242 e. The Hall–Kier alpha value is -1.17. The summed E-state index contributed by atoms with van der Waals surface area (Å²) in [4.78, 5) is 23.7. The topological polar surface area (TPSA) is 84.2 Å². The van der Waals surface area contributed by atoms with E-state index in [2.05, 4.69) is 10.6 Å². The Kier molecular flexibility index (Phi) is 6.25. The molecule has 0 aromatic carbocycles. The largest absolute Gasteiger partial charge is 0.392 e. The highest BCUT2D eigenvalue weighted by molar-refractivity contribution is 7.80. The number of amides is 2. The molecule has 5 nitrogen and oxygen atoms in total. The number of carbonyl (C=O) groups is 2. The predicted molar refractivity (Wildman–Crippen MR) is 76.0 cm³/mol. The summed E-state index contributed by atoms with van der Waals surface area (Å²) in [7, 11) is 0. The predicted octanol–water partition coefficient (Wildman–Crippen LogP) is 0.576. The van der Waals surface area contributed by atoms with Crippen LogP contribution < -0.4 is 16.4 Å². The Morgan fingerprint density at radius 2 is 1.78 bits per heavy atom. The van der Waals surface area contributed by atoms with Crippen molar-refractivity contribution >= 4 is 29.0 Å². The van der Waals surface area contributed by atoms with E-state index in [4.69, 9.17) is 18.0 Å². The molecule has 0 saturated carbocycles. The third-order valence-electron chi connectivity index (χ3n) is 2.61. The summed E-state index contributed by atoms with van der Waals surface area (Å²) in [6.45, 7) is 9.47. The van der Waals surface area contributed by atoms with E-state index in [0.717, 1.165) is 0 Å². The number of nitrogens with one attached hydrogen (secondary N) is 2. The molecule has 6 heteroatoms. The van der Waals surface area contributed by atoms with Crippen LogP contribution in [0.5, 0.6) is 0 Å². The molecule has 0 radical (unpaired) electrons. The van der Waals surface area contributed by atoms with Crippen LogP contribution >= 0.6 is 12.2 Å². The van der Waals surface area contributed by atoms with Crippen LogP contribution in [0.15, 0.2) is 0 Å². The molecule has 0 aliphatic carbocycles. The van der Waals surface area contributed by atoms with Crippen molar-refractivity contribution in [2.24, 2.45) is 17.1 Å². The zero-order chi connectivity index (χ0) is 14.5. The molecule has 0 aromatic heterocycles. The fraction of sp³-hybridized carbons (Fsp3) is 0.750. The van der Waals surface area contributed by atoms with E-state index in [9.17, 15) is 9.59 Å². The van der Waals surface area contributed by atoms with Gasteiger partial charge in [-0.25, -0.2) is 0 Å². The summed E-state index contributed by atoms with van der Waals surface area (Å²) in [6.07, 6.45) is 0. The van der Waals surface area contributed by atoms with E-state index >= 15 is 0 Å². The van der Waals surface area contributed by atoms with E-state index in [1.54, 1.807) is 20.8 Å². The second-order valence-electron chi connectivity index (χ2n) is 5.32. The Morgan fingerprint density at radius 1 is 1.28 bits per heavy atom. The van der Waals surface area contributed by atoms with Crippen LogP contribution in [0.4, 0.5) is 0 Å². The molecule has 2 amide bonds. The van der Waals surface area contributed by atoms with Gasteiger partial charge < -0.3 is 16.4 Å². The Bertz CT molecular complexity index is 340. The fourth-order valence-electron chi connectivity index (χ4n) is 1.01. The highest BCUT2D eigenvalue weighted by Gasteiger charge is 2.32. The number of thiocarbonyl (C=S) groups is 1. The van der Waals surface area contributed by atoms with Crippen molar-refractivity contribution in [1.29, 1.82) is 0 Å². The molecule has 4 N–H and O–H groups in total. The summed E-state index contributed by atoms with van der Waals surface area (Å²) in [6, 6.07) is -0.607. The van der Waals surface area contributed by atoms with Gasteiger partial charge in [-0.15, -0.1) is 0 Å². The van der Waals surface area contributed by atoms with Crippen LogP contribution in [0.25, 0.3) is 0 Å². The lowest BCUT2D eigenvalue weighted by Crippen LogP contribution is -2.52. The van der Waals surface area contributed by atoms with Gasteiger partial charge >= 0.3 is 0 Å². The van der Waals surface area contributed by atoms with Crippen molar-refractivity contribution in [3.8, 4) is 0 Å². The van der Waals surface area contributed by atoms with E-state index in [1.165, 1.54) is 0 Å². The maximum absolute atomic E-state index is 11.9. The van der Waals surface area contributed by atoms with E-state index in [-0.39, 0.29) is 16.8 Å². The van der Waals surface area contributed by atoms with E-state index in [1.807, 2.05) is 13.8 Å². The highest BCUT2D eigenvalue weighted by atomic mass is 32.1. The maximum atomic E-state index is 11.9. The molecule has 104 valence electrons. The molecule has 0 aromatic rings. The molecular weight excluding hydrogens is 250 g/mol. The highest BCUT2D eigenvalue weighted by Crippen LogP contribution is 2.15. The molecule has 0 saturated heterocycles. The molecule has 18 heavy (non-hydrogen) atoms. The van der Waals surface area contributed by atoms with Gasteiger partial charge in [-0.2, -0.15) is 0 Å². The van der Waals surface area contributed by atoms with Crippen LogP contribution in [0, 0.1) is 11.3 Å². The van der Waals surface area contributed by atoms with Crippen molar-refractivity contribution < 1.29 is 9.59 Å². The molecule has 0 aliphatic heterocycles. The number of rotatable bonds is 6. The summed E-state index contributed by atoms with van der Waals surface area (Å²) < 4.78 is 0. The third kappa shape index (κ3) is 5.00. The average molecular weight is 273 g/mol. The molecule has 0 heterocycles. The molecule has 0 rings (SSSR count). The molecule has 1 unspecified atom stereocenters. The standard InChI is InChI=1S/C12H23N3O2S/c1-7(2)6-14-9(16)8(3)15-11(17)12(4,5)10(13)18/h7-8H,6H2,1-5H3,(H2,13,18)(H,14,16)(H,15,17). The van der Waals surface area contributed by atoms with Crippen LogP contribution in [0.3, 0.4) is 0 Å². The van der Waals surface area contributed by atoms with Crippen LogP contribution in [0.2, 0.25) is 0 Å². The Balaban J connectivity index is 4.40. The molecular formula is C12H23N3O2S. The summed E-state index contributed by atoms with van der Waals surface area (Å²) >= 11 is 4.83. The quantitative estimate of drug-likeness (QED) is 0.618. The Labute approximate surface area is 114 Å². The summed E-state index contributed by atoms with van der Waals surface area (Å²) in [5.74, 6) is -0.192. The third-order valence-corrected chi connectivity index (χ3v) is 3.12. The van der Waals surface area contributed by atoms with E-state index < -0.39 is 11.5 Å². The van der Waals surface area contributed by atoms with Gasteiger partial charge in [0.15, 0.2) is 0 Å². The Morgan fingerprint density at radius 3 is 2.17 bits per heavy atom. The van der Waals surface area contributed by atoms with Gasteiger partial charge in [0.2, 0.25) is 11.8 Å². The summed E-state index contributed by atoms with van der Waals surface area (Å²) in [5.41, 5.74) is 4.53. The zero-order valence-electron chi connectivity index (χ0n) is 11.7. The van der Waals surface area contributed by atoms with Gasteiger partial charge in [0.25, 0.3) is 0 Å². The first kappa shape index (κ1) is 16.8. The van der Waals surface area contributed by atoms with Crippen molar-refractivity contribution in [3.05, 3.63) is 0 Å². The van der Waals surface area contributed by atoms with Crippen molar-refractivity contribution in [3.63, 3.8) is 0 Å². The van der Waals surface area contributed by atoms with Crippen LogP contribution in [-0.2, 0) is 9.59 Å². The SMILES string of the molecule is CC(C)CNC(=O)C(C)NC(=O)C(C)(C)C(N)=S. The molecule has 0 bridgehead atoms. The second-order valence-corrected chi connectivity index (χ2v) is 5.76. The first-order valence-electron chi connectivity index (χ1n) is 5.97. The summed E-state index contributed by atoms with van der Waals surface area (Å²) in [5, 5.41) is 5.36. The molecule has 1 atom stereocenters. The van der Waals surface area contributed by atoms with Gasteiger partial charge in [0.05, 0.1) is 10.4 Å². The van der Waals surface area contributed by atoms with Gasteiger partial charge in [0, 0.05) is 6.54 Å².